The number of halogens is 2. The number of hydrogen-bond donors (Lipinski definition) is 1. The number of rotatable bonds is 4. The van der Waals surface area contributed by atoms with Crippen LogP contribution in [0.15, 0.2) is 41.1 Å². The monoisotopic (exact) mass is 465 g/mol. The van der Waals surface area contributed by atoms with Crippen LogP contribution in [0.2, 0.25) is 10.0 Å². The molecule has 0 spiro atoms. The van der Waals surface area contributed by atoms with Crippen LogP contribution in [-0.2, 0) is 4.79 Å². The van der Waals surface area contributed by atoms with Crippen molar-refractivity contribution in [3.63, 3.8) is 0 Å². The first-order chi connectivity index (χ1) is 13.8. The third kappa shape index (κ3) is 3.36. The zero-order valence-corrected chi connectivity index (χ0v) is 18.3. The predicted molar refractivity (Wildman–Crippen MR) is 114 cm³/mol. The van der Waals surface area contributed by atoms with Crippen molar-refractivity contribution in [1.29, 1.82) is 0 Å². The molecular weight excluding hydrogens is 453 g/mol. The molecule has 0 saturated heterocycles. The molecule has 1 unspecified atom stereocenters. The topological polar surface area (TPSA) is 83.4 Å². The lowest BCUT2D eigenvalue weighted by atomic mass is 9.95. The van der Waals surface area contributed by atoms with E-state index in [0.717, 1.165) is 0 Å². The van der Waals surface area contributed by atoms with Gasteiger partial charge in [0.15, 0.2) is 10.9 Å². The van der Waals surface area contributed by atoms with Crippen molar-refractivity contribution in [3.05, 3.63) is 72.3 Å². The fourth-order valence-electron chi connectivity index (χ4n) is 3.25. The number of anilines is 1. The molecule has 10 heteroatoms. The van der Waals surface area contributed by atoms with Crippen LogP contribution in [0.5, 0.6) is 0 Å². The minimum atomic E-state index is -0.937. The van der Waals surface area contributed by atoms with E-state index >= 15 is 0 Å². The Morgan fingerprint density at radius 3 is 2.62 bits per heavy atom. The van der Waals surface area contributed by atoms with E-state index in [-0.39, 0.29) is 10.6 Å². The fourth-order valence-corrected chi connectivity index (χ4v) is 5.30. The number of hydrogen-bond acceptors (Lipinski definition) is 7. The van der Waals surface area contributed by atoms with Crippen LogP contribution in [0.1, 0.15) is 32.0 Å². The zero-order valence-electron chi connectivity index (χ0n) is 15.1. The summed E-state index contributed by atoms with van der Waals surface area (Å²) in [7, 11) is 0. The molecule has 0 radical (unpaired) electrons. The van der Waals surface area contributed by atoms with Gasteiger partial charge < -0.3 is 5.11 Å². The average molecular weight is 466 g/mol. The van der Waals surface area contributed by atoms with Gasteiger partial charge in [-0.25, -0.2) is 9.97 Å². The van der Waals surface area contributed by atoms with Crippen LogP contribution >= 0.6 is 45.9 Å². The van der Waals surface area contributed by atoms with Crippen molar-refractivity contribution in [1.82, 2.24) is 9.97 Å². The van der Waals surface area contributed by atoms with E-state index in [1.54, 1.807) is 37.6 Å². The molecule has 1 atom stereocenters. The molecule has 4 rings (SSSR count). The summed E-state index contributed by atoms with van der Waals surface area (Å²) < 4.78 is 0. The standard InChI is InChI=1S/C19H13Cl2N3O3S2/c1-8-17(29-9(2)23-8)15(25)13-14(11-4-3-10(20)7-12(11)21)24(18(27)16(13)26)19-22-5-6-28-19/h3-7,14,26H,1-2H3. The van der Waals surface area contributed by atoms with E-state index in [1.807, 2.05) is 0 Å². The molecular formula is C19H13Cl2N3O3S2. The van der Waals surface area contributed by atoms with Crippen molar-refractivity contribution in [2.75, 3.05) is 4.90 Å². The first kappa shape index (κ1) is 20.0. The molecule has 1 amide bonds. The second-order valence-electron chi connectivity index (χ2n) is 6.30. The summed E-state index contributed by atoms with van der Waals surface area (Å²) in [4.78, 5) is 36.5. The Kier molecular flexibility index (Phi) is 5.20. The van der Waals surface area contributed by atoms with Crippen LogP contribution in [0.25, 0.3) is 0 Å². The Balaban J connectivity index is 1.92. The smallest absolute Gasteiger partial charge is 0.296 e. The van der Waals surface area contributed by atoms with Gasteiger partial charge in [0.05, 0.1) is 27.2 Å². The van der Waals surface area contributed by atoms with E-state index in [9.17, 15) is 14.7 Å². The quantitative estimate of drug-likeness (QED) is 0.528. The summed E-state index contributed by atoms with van der Waals surface area (Å²) in [6.45, 7) is 3.51. The van der Waals surface area contributed by atoms with Crippen molar-refractivity contribution < 1.29 is 14.7 Å². The van der Waals surface area contributed by atoms with Gasteiger partial charge in [-0.1, -0.05) is 29.3 Å². The summed E-state index contributed by atoms with van der Waals surface area (Å²) in [5.74, 6) is -1.79. The summed E-state index contributed by atoms with van der Waals surface area (Å²) in [6.07, 6.45) is 1.54. The van der Waals surface area contributed by atoms with E-state index in [1.165, 1.54) is 33.6 Å². The molecule has 0 bridgehead atoms. The molecule has 3 aromatic rings. The van der Waals surface area contributed by atoms with Gasteiger partial charge in [0.25, 0.3) is 5.91 Å². The molecule has 0 saturated carbocycles. The predicted octanol–water partition coefficient (Wildman–Crippen LogP) is 5.31. The number of benzene rings is 1. The van der Waals surface area contributed by atoms with Gasteiger partial charge in [-0.2, -0.15) is 0 Å². The number of nitrogens with zero attached hydrogens (tertiary/aromatic N) is 3. The van der Waals surface area contributed by atoms with E-state index in [2.05, 4.69) is 9.97 Å². The van der Waals surface area contributed by atoms with E-state index in [4.69, 9.17) is 23.2 Å². The second-order valence-corrected chi connectivity index (χ2v) is 9.22. The first-order valence-corrected chi connectivity index (χ1v) is 10.8. The number of thiazole rings is 2. The number of Topliss-reactive ketones (excluding diaryl/α,β-unsaturated/α-hetero) is 1. The summed E-state index contributed by atoms with van der Waals surface area (Å²) in [6, 6.07) is 3.85. The van der Waals surface area contributed by atoms with Crippen LogP contribution in [0, 0.1) is 13.8 Å². The molecule has 1 aliphatic rings. The van der Waals surface area contributed by atoms with Crippen LogP contribution in [-0.4, -0.2) is 26.8 Å². The van der Waals surface area contributed by atoms with Gasteiger partial charge in [0.2, 0.25) is 5.78 Å². The summed E-state index contributed by atoms with van der Waals surface area (Å²) in [5.41, 5.74) is 0.950. The highest BCUT2D eigenvalue weighted by Crippen LogP contribution is 2.45. The highest BCUT2D eigenvalue weighted by molar-refractivity contribution is 7.14. The van der Waals surface area contributed by atoms with Gasteiger partial charge in [-0.05, 0) is 31.5 Å². The molecule has 1 N–H and O–H groups in total. The minimum absolute atomic E-state index is 0.0545. The number of aliphatic hydroxyl groups is 1. The number of amides is 1. The molecule has 1 aliphatic heterocycles. The Bertz CT molecular complexity index is 1170. The Hall–Kier alpha value is -2.26. The number of carbonyl (C=O) groups is 2. The van der Waals surface area contributed by atoms with Crippen LogP contribution in [0.4, 0.5) is 5.13 Å². The second kappa shape index (κ2) is 7.53. The SMILES string of the molecule is Cc1nc(C)c(C(=O)C2=C(O)C(=O)N(c3nccs3)C2c2ccc(Cl)cc2Cl)s1. The van der Waals surface area contributed by atoms with Gasteiger partial charge >= 0.3 is 0 Å². The number of ketones is 1. The van der Waals surface area contributed by atoms with Crippen molar-refractivity contribution >= 4 is 62.7 Å². The number of aliphatic hydroxyl groups excluding tert-OH is 1. The minimum Gasteiger partial charge on any atom is -0.503 e. The largest absolute Gasteiger partial charge is 0.503 e. The van der Waals surface area contributed by atoms with E-state index < -0.39 is 23.5 Å². The third-order valence-electron chi connectivity index (χ3n) is 4.44. The Morgan fingerprint density at radius 1 is 1.28 bits per heavy atom. The van der Waals surface area contributed by atoms with Crippen molar-refractivity contribution in [2.24, 2.45) is 0 Å². The average Bonchev–Trinajstić information content (AvgIpc) is 3.35. The van der Waals surface area contributed by atoms with Gasteiger partial charge in [0.1, 0.15) is 0 Å². The normalized spacial score (nSPS) is 16.8. The highest BCUT2D eigenvalue weighted by Gasteiger charge is 2.47. The lowest BCUT2D eigenvalue weighted by Crippen LogP contribution is -2.31. The molecule has 0 fully saturated rings. The summed E-state index contributed by atoms with van der Waals surface area (Å²) in [5, 5.41) is 14.1. The summed E-state index contributed by atoms with van der Waals surface area (Å²) >= 11 is 14.9. The lowest BCUT2D eigenvalue weighted by molar-refractivity contribution is -0.117. The molecule has 1 aromatic carbocycles. The molecule has 6 nitrogen and oxygen atoms in total. The Labute approximate surface area is 184 Å². The van der Waals surface area contributed by atoms with Gasteiger partial charge in [0, 0.05) is 21.6 Å². The maximum absolute atomic E-state index is 13.4. The van der Waals surface area contributed by atoms with Crippen LogP contribution in [0.3, 0.4) is 0 Å². The molecule has 148 valence electrons. The maximum atomic E-state index is 13.4. The molecule has 3 heterocycles. The molecule has 0 aliphatic carbocycles. The number of aryl methyl sites for hydroxylation is 2. The first-order valence-electron chi connectivity index (χ1n) is 8.39. The van der Waals surface area contributed by atoms with Crippen LogP contribution < -0.4 is 4.90 Å². The van der Waals surface area contributed by atoms with Crippen molar-refractivity contribution in [3.8, 4) is 0 Å². The van der Waals surface area contributed by atoms with Gasteiger partial charge in [-0.15, -0.1) is 22.7 Å². The molecule has 2 aromatic heterocycles. The maximum Gasteiger partial charge on any atom is 0.296 e. The third-order valence-corrected chi connectivity index (χ3v) is 6.85. The van der Waals surface area contributed by atoms with E-state index in [0.29, 0.717) is 31.3 Å². The lowest BCUT2D eigenvalue weighted by Gasteiger charge is -2.25. The molecule has 29 heavy (non-hydrogen) atoms. The fraction of sp³-hybridized carbons (Fsp3) is 0.158. The highest BCUT2D eigenvalue weighted by atomic mass is 35.5. The van der Waals surface area contributed by atoms with Crippen molar-refractivity contribution in [2.45, 2.75) is 19.9 Å². The van der Waals surface area contributed by atoms with Gasteiger partial charge in [-0.3, -0.25) is 14.5 Å². The Morgan fingerprint density at radius 2 is 2.03 bits per heavy atom. The number of carbonyl (C=O) groups excluding carboxylic acids is 2. The zero-order chi connectivity index (χ0) is 20.9. The number of aromatic nitrogens is 2.